The van der Waals surface area contributed by atoms with E-state index < -0.39 is 12.1 Å². The molecule has 70 valence electrons. The Hall–Kier alpha value is -1.25. The van der Waals surface area contributed by atoms with Crippen LogP contribution in [0.1, 0.15) is 13.3 Å². The highest BCUT2D eigenvalue weighted by Crippen LogP contribution is 2.27. The van der Waals surface area contributed by atoms with E-state index in [0.717, 1.165) is 12.0 Å². The lowest BCUT2D eigenvalue weighted by molar-refractivity contribution is 0.110. The maximum absolute atomic E-state index is 9.70. The lowest BCUT2D eigenvalue weighted by Gasteiger charge is -2.28. The Morgan fingerprint density at radius 3 is 3.08 bits per heavy atom. The van der Waals surface area contributed by atoms with Crippen LogP contribution < -0.4 is 0 Å². The monoisotopic (exact) mass is 179 g/mol. The third kappa shape index (κ3) is 2.11. The number of hydrogen-bond acceptors (Lipinski definition) is 2. The molecule has 0 amide bonds. The Bertz CT molecular complexity index is 279. The zero-order chi connectivity index (χ0) is 9.84. The standard InChI is InChI=1S/C9H13N3O/c1-3-7-4-6(2)5-8(9(7)13)11-12-10/h3,5,7-9,13H,1,4H2,2H3/t7-,8+,9+/m1/s1. The van der Waals surface area contributed by atoms with Crippen LogP contribution in [0.5, 0.6) is 0 Å². The van der Waals surface area contributed by atoms with Crippen LogP contribution in [0.2, 0.25) is 0 Å². The molecule has 0 saturated heterocycles. The van der Waals surface area contributed by atoms with Gasteiger partial charge in [0.25, 0.3) is 0 Å². The minimum Gasteiger partial charge on any atom is -0.392 e. The molecule has 4 nitrogen and oxygen atoms in total. The van der Waals surface area contributed by atoms with Crippen LogP contribution in [-0.4, -0.2) is 17.3 Å². The topological polar surface area (TPSA) is 69.0 Å². The Balaban J connectivity index is 2.89. The second-order valence-electron chi connectivity index (χ2n) is 3.30. The summed E-state index contributed by atoms with van der Waals surface area (Å²) in [6.45, 7) is 5.60. The highest BCUT2D eigenvalue weighted by Gasteiger charge is 2.27. The molecule has 1 rings (SSSR count). The molecule has 1 aliphatic carbocycles. The molecular weight excluding hydrogens is 166 g/mol. The van der Waals surface area contributed by atoms with Gasteiger partial charge in [-0.15, -0.1) is 6.58 Å². The van der Waals surface area contributed by atoms with Crippen molar-refractivity contribution in [1.82, 2.24) is 0 Å². The molecule has 0 fully saturated rings. The fourth-order valence-corrected chi connectivity index (χ4v) is 1.59. The molecular formula is C9H13N3O. The first kappa shape index (κ1) is 9.84. The second kappa shape index (κ2) is 4.12. The summed E-state index contributed by atoms with van der Waals surface area (Å²) in [5, 5.41) is 13.2. The summed E-state index contributed by atoms with van der Waals surface area (Å²) in [5.41, 5.74) is 9.41. The molecule has 0 aromatic heterocycles. The van der Waals surface area contributed by atoms with Crippen molar-refractivity contribution in [2.24, 2.45) is 11.0 Å². The second-order valence-corrected chi connectivity index (χ2v) is 3.30. The number of nitrogens with zero attached hydrogens (tertiary/aromatic N) is 3. The maximum Gasteiger partial charge on any atom is 0.0823 e. The first-order valence-electron chi connectivity index (χ1n) is 4.21. The number of azide groups is 1. The van der Waals surface area contributed by atoms with Gasteiger partial charge < -0.3 is 5.11 Å². The molecule has 0 aliphatic heterocycles. The maximum atomic E-state index is 9.70. The summed E-state index contributed by atoms with van der Waals surface area (Å²) in [5.74, 6) is 0.000463. The van der Waals surface area contributed by atoms with Crippen molar-refractivity contribution in [3.63, 3.8) is 0 Å². The summed E-state index contributed by atoms with van der Waals surface area (Å²) in [7, 11) is 0. The van der Waals surface area contributed by atoms with Crippen LogP contribution in [0.25, 0.3) is 10.4 Å². The molecule has 0 radical (unpaired) electrons. The first-order chi connectivity index (χ1) is 6.19. The highest BCUT2D eigenvalue weighted by molar-refractivity contribution is 5.16. The van der Waals surface area contributed by atoms with Crippen LogP contribution >= 0.6 is 0 Å². The van der Waals surface area contributed by atoms with E-state index in [9.17, 15) is 5.11 Å². The van der Waals surface area contributed by atoms with Crippen molar-refractivity contribution in [2.45, 2.75) is 25.5 Å². The molecule has 4 heteroatoms. The van der Waals surface area contributed by atoms with Crippen LogP contribution in [0.4, 0.5) is 0 Å². The quantitative estimate of drug-likeness (QED) is 0.300. The molecule has 0 spiro atoms. The molecule has 3 atom stereocenters. The number of hydrogen-bond donors (Lipinski definition) is 1. The fraction of sp³-hybridized carbons (Fsp3) is 0.556. The fourth-order valence-electron chi connectivity index (χ4n) is 1.59. The van der Waals surface area contributed by atoms with Crippen molar-refractivity contribution in [2.75, 3.05) is 0 Å². The van der Waals surface area contributed by atoms with E-state index in [4.69, 9.17) is 5.53 Å². The molecule has 1 aliphatic rings. The summed E-state index contributed by atoms with van der Waals surface area (Å²) in [6.07, 6.45) is 3.69. The average molecular weight is 179 g/mol. The van der Waals surface area contributed by atoms with Crippen molar-refractivity contribution in [3.8, 4) is 0 Å². The third-order valence-corrected chi connectivity index (χ3v) is 2.29. The van der Waals surface area contributed by atoms with Gasteiger partial charge in [-0.3, -0.25) is 0 Å². The zero-order valence-electron chi connectivity index (χ0n) is 7.59. The Labute approximate surface area is 77.2 Å². The van der Waals surface area contributed by atoms with Gasteiger partial charge in [-0.1, -0.05) is 22.8 Å². The molecule has 0 heterocycles. The normalized spacial score (nSPS) is 33.1. The molecule has 13 heavy (non-hydrogen) atoms. The highest BCUT2D eigenvalue weighted by atomic mass is 16.3. The summed E-state index contributed by atoms with van der Waals surface area (Å²) in [6, 6.07) is -0.443. The molecule has 0 unspecified atom stereocenters. The first-order valence-corrected chi connectivity index (χ1v) is 4.21. The number of aliphatic hydroxyl groups excluding tert-OH is 1. The van der Waals surface area contributed by atoms with Gasteiger partial charge in [0.15, 0.2) is 0 Å². The smallest absolute Gasteiger partial charge is 0.0823 e. The zero-order valence-corrected chi connectivity index (χ0v) is 7.59. The van der Waals surface area contributed by atoms with Gasteiger partial charge in [-0.2, -0.15) is 0 Å². The van der Waals surface area contributed by atoms with Gasteiger partial charge in [0.2, 0.25) is 0 Å². The van der Waals surface area contributed by atoms with Gasteiger partial charge in [-0.05, 0) is 18.9 Å². The van der Waals surface area contributed by atoms with E-state index in [1.54, 1.807) is 6.08 Å². The van der Waals surface area contributed by atoms with Crippen LogP contribution in [0.3, 0.4) is 0 Å². The van der Waals surface area contributed by atoms with Crippen molar-refractivity contribution in [1.29, 1.82) is 0 Å². The minimum absolute atomic E-state index is 0.000463. The van der Waals surface area contributed by atoms with E-state index >= 15 is 0 Å². The SMILES string of the molecule is C=C[C@@H]1CC(C)=C[C@H](N=[N+]=[N-])[C@H]1O. The lowest BCUT2D eigenvalue weighted by Crippen LogP contribution is -2.33. The Morgan fingerprint density at radius 2 is 2.54 bits per heavy atom. The third-order valence-electron chi connectivity index (χ3n) is 2.29. The van der Waals surface area contributed by atoms with Gasteiger partial charge in [0.05, 0.1) is 12.1 Å². The van der Waals surface area contributed by atoms with Gasteiger partial charge >= 0.3 is 0 Å². The van der Waals surface area contributed by atoms with Gasteiger partial charge in [0, 0.05) is 10.8 Å². The van der Waals surface area contributed by atoms with E-state index in [0.29, 0.717) is 0 Å². The largest absolute Gasteiger partial charge is 0.392 e. The minimum atomic E-state index is -0.628. The van der Waals surface area contributed by atoms with Gasteiger partial charge in [-0.25, -0.2) is 0 Å². The van der Waals surface area contributed by atoms with E-state index in [-0.39, 0.29) is 5.92 Å². The molecule has 1 N–H and O–H groups in total. The van der Waals surface area contributed by atoms with E-state index in [1.807, 2.05) is 13.0 Å². The predicted octanol–water partition coefficient (Wildman–Crippen LogP) is 2.18. The van der Waals surface area contributed by atoms with Crippen molar-refractivity contribution >= 4 is 0 Å². The van der Waals surface area contributed by atoms with E-state index in [2.05, 4.69) is 16.6 Å². The van der Waals surface area contributed by atoms with E-state index in [1.165, 1.54) is 0 Å². The number of rotatable bonds is 2. The van der Waals surface area contributed by atoms with Crippen LogP contribution in [-0.2, 0) is 0 Å². The van der Waals surface area contributed by atoms with Crippen molar-refractivity contribution < 1.29 is 5.11 Å². The molecule has 0 saturated carbocycles. The Morgan fingerprint density at radius 1 is 1.85 bits per heavy atom. The average Bonchev–Trinajstić information content (AvgIpc) is 2.11. The lowest BCUT2D eigenvalue weighted by atomic mass is 9.84. The molecule has 0 aromatic rings. The Kier molecular flexibility index (Phi) is 3.12. The van der Waals surface area contributed by atoms with Gasteiger partial charge in [0.1, 0.15) is 0 Å². The molecule has 0 bridgehead atoms. The summed E-state index contributed by atoms with van der Waals surface area (Å²) >= 11 is 0. The van der Waals surface area contributed by atoms with Crippen LogP contribution in [0.15, 0.2) is 29.4 Å². The van der Waals surface area contributed by atoms with Crippen molar-refractivity contribution in [3.05, 3.63) is 34.7 Å². The molecule has 0 aromatic carbocycles. The number of aliphatic hydroxyl groups is 1. The number of allylic oxidation sites excluding steroid dienone is 1. The summed E-state index contributed by atoms with van der Waals surface area (Å²) < 4.78 is 0. The predicted molar refractivity (Wildman–Crippen MR) is 51.0 cm³/mol. The summed E-state index contributed by atoms with van der Waals surface area (Å²) in [4.78, 5) is 2.70. The van der Waals surface area contributed by atoms with Crippen LogP contribution in [0, 0.1) is 5.92 Å².